The van der Waals surface area contributed by atoms with Crippen molar-refractivity contribution in [3.05, 3.63) is 47.5 Å². The fourth-order valence-electron chi connectivity index (χ4n) is 3.52. The average Bonchev–Trinajstić information content (AvgIpc) is 3.16. The molecule has 0 spiro atoms. The molecular formula is C21H25N3O4. The molecule has 148 valence electrons. The number of anilines is 1. The maximum atomic E-state index is 12.7. The lowest BCUT2D eigenvalue weighted by molar-refractivity contribution is 0.143. The van der Waals surface area contributed by atoms with E-state index >= 15 is 0 Å². The number of aryl methyl sites for hydroxylation is 1. The van der Waals surface area contributed by atoms with Gasteiger partial charge in [0, 0.05) is 32.7 Å². The van der Waals surface area contributed by atoms with Crippen LogP contribution in [-0.4, -0.2) is 55.9 Å². The Bertz CT molecular complexity index is 863. The first-order valence-electron chi connectivity index (χ1n) is 9.44. The third-order valence-corrected chi connectivity index (χ3v) is 5.10. The van der Waals surface area contributed by atoms with Crippen LogP contribution >= 0.6 is 0 Å². The molecule has 0 radical (unpaired) electrons. The van der Waals surface area contributed by atoms with Crippen molar-refractivity contribution in [2.24, 2.45) is 0 Å². The number of urea groups is 1. The van der Waals surface area contributed by atoms with Gasteiger partial charge in [0.05, 0.1) is 12.8 Å². The van der Waals surface area contributed by atoms with Crippen LogP contribution in [0.2, 0.25) is 0 Å². The molecule has 2 aromatic carbocycles. The van der Waals surface area contributed by atoms with Gasteiger partial charge in [-0.3, -0.25) is 4.90 Å². The lowest BCUT2D eigenvalue weighted by Gasteiger charge is -2.34. The fourth-order valence-corrected chi connectivity index (χ4v) is 3.52. The maximum Gasteiger partial charge on any atom is 0.322 e. The summed E-state index contributed by atoms with van der Waals surface area (Å²) in [5.41, 5.74) is 2.96. The van der Waals surface area contributed by atoms with E-state index in [0.29, 0.717) is 24.5 Å². The summed E-state index contributed by atoms with van der Waals surface area (Å²) in [5, 5.41) is 2.98. The van der Waals surface area contributed by atoms with Gasteiger partial charge in [-0.25, -0.2) is 4.79 Å². The Labute approximate surface area is 164 Å². The van der Waals surface area contributed by atoms with Crippen LogP contribution in [0.15, 0.2) is 36.4 Å². The van der Waals surface area contributed by atoms with Crippen molar-refractivity contribution < 1.29 is 19.0 Å². The Morgan fingerprint density at radius 3 is 2.64 bits per heavy atom. The number of hydrogen-bond donors (Lipinski definition) is 1. The average molecular weight is 383 g/mol. The van der Waals surface area contributed by atoms with E-state index in [2.05, 4.69) is 16.3 Å². The monoisotopic (exact) mass is 383 g/mol. The van der Waals surface area contributed by atoms with E-state index in [4.69, 9.17) is 14.2 Å². The minimum absolute atomic E-state index is 0.0911. The largest absolute Gasteiger partial charge is 0.495 e. The van der Waals surface area contributed by atoms with Crippen molar-refractivity contribution >= 4 is 11.7 Å². The van der Waals surface area contributed by atoms with Crippen molar-refractivity contribution in [3.8, 4) is 17.2 Å². The zero-order valence-corrected chi connectivity index (χ0v) is 16.2. The molecule has 0 unspecified atom stereocenters. The van der Waals surface area contributed by atoms with Gasteiger partial charge >= 0.3 is 6.03 Å². The smallest absolute Gasteiger partial charge is 0.322 e. The summed E-state index contributed by atoms with van der Waals surface area (Å²) >= 11 is 0. The number of methoxy groups -OCH3 is 1. The lowest BCUT2D eigenvalue weighted by atomic mass is 10.1. The van der Waals surface area contributed by atoms with Gasteiger partial charge in [0.25, 0.3) is 0 Å². The van der Waals surface area contributed by atoms with Crippen LogP contribution < -0.4 is 19.5 Å². The number of fused-ring (bicyclic) bond motifs is 1. The Kier molecular flexibility index (Phi) is 5.25. The molecule has 2 heterocycles. The molecule has 1 fully saturated rings. The molecule has 0 atom stereocenters. The molecule has 1 N–H and O–H groups in total. The van der Waals surface area contributed by atoms with Gasteiger partial charge in [-0.1, -0.05) is 12.1 Å². The first kappa shape index (κ1) is 18.4. The van der Waals surface area contributed by atoms with E-state index in [1.807, 2.05) is 42.2 Å². The molecule has 7 heteroatoms. The highest BCUT2D eigenvalue weighted by molar-refractivity contribution is 5.91. The highest BCUT2D eigenvalue weighted by Crippen LogP contribution is 2.33. The minimum Gasteiger partial charge on any atom is -0.495 e. The van der Waals surface area contributed by atoms with Crippen LogP contribution in [0.3, 0.4) is 0 Å². The number of nitrogens with one attached hydrogen (secondary N) is 1. The second-order valence-electron chi connectivity index (χ2n) is 7.08. The number of amides is 2. The van der Waals surface area contributed by atoms with E-state index in [1.54, 1.807) is 7.11 Å². The number of hydrogen-bond acceptors (Lipinski definition) is 5. The second kappa shape index (κ2) is 7.98. The molecule has 2 amide bonds. The lowest BCUT2D eigenvalue weighted by Crippen LogP contribution is -2.49. The summed E-state index contributed by atoms with van der Waals surface area (Å²) in [6, 6.07) is 11.7. The molecule has 4 rings (SSSR count). The van der Waals surface area contributed by atoms with E-state index in [1.165, 1.54) is 5.56 Å². The Balaban J connectivity index is 1.31. The molecule has 28 heavy (non-hydrogen) atoms. The van der Waals surface area contributed by atoms with Gasteiger partial charge in [0.15, 0.2) is 11.5 Å². The summed E-state index contributed by atoms with van der Waals surface area (Å²) in [7, 11) is 1.61. The first-order chi connectivity index (χ1) is 13.6. The molecule has 2 aliphatic heterocycles. The second-order valence-corrected chi connectivity index (χ2v) is 7.08. The van der Waals surface area contributed by atoms with Crippen LogP contribution in [0.5, 0.6) is 17.2 Å². The molecule has 0 saturated carbocycles. The standard InChI is InChI=1S/C21H25N3O4/c1-15-3-5-18(26-2)17(11-15)22-21(25)24-9-7-23(8-10-24)13-16-4-6-19-20(12-16)28-14-27-19/h3-6,11-12H,7-10,13-14H2,1-2H3,(H,22,25). The third kappa shape index (κ3) is 3.99. The van der Waals surface area contributed by atoms with Gasteiger partial charge in [0.1, 0.15) is 5.75 Å². The van der Waals surface area contributed by atoms with Gasteiger partial charge < -0.3 is 24.4 Å². The molecule has 0 aromatic heterocycles. The molecule has 2 aromatic rings. The topological polar surface area (TPSA) is 63.3 Å². The molecular weight excluding hydrogens is 358 g/mol. The van der Waals surface area contributed by atoms with E-state index in [0.717, 1.165) is 36.7 Å². The third-order valence-electron chi connectivity index (χ3n) is 5.10. The number of nitrogens with zero attached hydrogens (tertiary/aromatic N) is 2. The predicted octanol–water partition coefficient (Wildman–Crippen LogP) is 3.08. The number of benzene rings is 2. The van der Waals surface area contributed by atoms with E-state index in [-0.39, 0.29) is 12.8 Å². The van der Waals surface area contributed by atoms with Crippen LogP contribution in [0.4, 0.5) is 10.5 Å². The number of carbonyl (C=O) groups excluding carboxylic acids is 1. The number of piperazine rings is 1. The van der Waals surface area contributed by atoms with Gasteiger partial charge in [0.2, 0.25) is 6.79 Å². The maximum absolute atomic E-state index is 12.7. The quantitative estimate of drug-likeness (QED) is 0.879. The SMILES string of the molecule is COc1ccc(C)cc1NC(=O)N1CCN(Cc2ccc3c(c2)OCO3)CC1. The summed E-state index contributed by atoms with van der Waals surface area (Å²) in [6.45, 7) is 6.13. The Morgan fingerprint density at radius 1 is 1.07 bits per heavy atom. The fraction of sp³-hybridized carbons (Fsp3) is 0.381. The zero-order chi connectivity index (χ0) is 19.5. The van der Waals surface area contributed by atoms with Gasteiger partial charge in [-0.15, -0.1) is 0 Å². The van der Waals surface area contributed by atoms with Crippen molar-refractivity contribution in [2.45, 2.75) is 13.5 Å². The summed E-state index contributed by atoms with van der Waals surface area (Å²) in [5.74, 6) is 2.28. The van der Waals surface area contributed by atoms with Crippen molar-refractivity contribution in [2.75, 3.05) is 45.4 Å². The molecule has 7 nitrogen and oxygen atoms in total. The minimum atomic E-state index is -0.0911. The van der Waals surface area contributed by atoms with Gasteiger partial charge in [-0.05, 0) is 42.3 Å². The van der Waals surface area contributed by atoms with Crippen LogP contribution in [0, 0.1) is 6.92 Å². The summed E-state index contributed by atoms with van der Waals surface area (Å²) in [4.78, 5) is 16.8. The molecule has 0 bridgehead atoms. The van der Waals surface area contributed by atoms with Gasteiger partial charge in [-0.2, -0.15) is 0 Å². The number of ether oxygens (including phenoxy) is 3. The summed E-state index contributed by atoms with van der Waals surface area (Å²) in [6.07, 6.45) is 0. The highest BCUT2D eigenvalue weighted by atomic mass is 16.7. The normalized spacial score (nSPS) is 16.1. The van der Waals surface area contributed by atoms with Crippen LogP contribution in [0.25, 0.3) is 0 Å². The van der Waals surface area contributed by atoms with Crippen molar-refractivity contribution in [1.29, 1.82) is 0 Å². The molecule has 0 aliphatic carbocycles. The first-order valence-corrected chi connectivity index (χ1v) is 9.44. The van der Waals surface area contributed by atoms with E-state index in [9.17, 15) is 4.79 Å². The van der Waals surface area contributed by atoms with Crippen molar-refractivity contribution in [3.63, 3.8) is 0 Å². The Hall–Kier alpha value is -2.93. The van der Waals surface area contributed by atoms with Crippen molar-refractivity contribution in [1.82, 2.24) is 9.80 Å². The van der Waals surface area contributed by atoms with Crippen LogP contribution in [0.1, 0.15) is 11.1 Å². The predicted molar refractivity (Wildman–Crippen MR) is 106 cm³/mol. The molecule has 1 saturated heterocycles. The highest BCUT2D eigenvalue weighted by Gasteiger charge is 2.22. The summed E-state index contributed by atoms with van der Waals surface area (Å²) < 4.78 is 16.2. The zero-order valence-electron chi connectivity index (χ0n) is 16.2. The van der Waals surface area contributed by atoms with Crippen LogP contribution in [-0.2, 0) is 6.54 Å². The molecule has 2 aliphatic rings. The Morgan fingerprint density at radius 2 is 1.86 bits per heavy atom. The van der Waals surface area contributed by atoms with E-state index < -0.39 is 0 Å². The number of rotatable bonds is 4. The number of carbonyl (C=O) groups is 1.